The monoisotopic (exact) mass is 400 g/mol. The van der Waals surface area contributed by atoms with Crippen LogP contribution in [0.15, 0.2) is 67.1 Å². The van der Waals surface area contributed by atoms with Crippen LogP contribution in [-0.4, -0.2) is 31.7 Å². The molecule has 150 valence electrons. The number of nitrogens with one attached hydrogen (secondary N) is 2. The molecule has 2 aromatic carbocycles. The number of hydrogen-bond donors (Lipinski definition) is 3. The quantitative estimate of drug-likeness (QED) is 0.388. The van der Waals surface area contributed by atoms with Gasteiger partial charge in [-0.25, -0.2) is 9.97 Å². The number of aromatic amines is 1. The molecule has 0 radical (unpaired) electrons. The van der Waals surface area contributed by atoms with Crippen LogP contribution in [0.25, 0.3) is 11.0 Å². The fraction of sp³-hybridized carbons (Fsp3) is 0.130. The van der Waals surface area contributed by atoms with Crippen molar-refractivity contribution in [3.63, 3.8) is 0 Å². The number of fused-ring (bicyclic) bond motifs is 1. The average Bonchev–Trinajstić information content (AvgIpc) is 3.21. The van der Waals surface area contributed by atoms with Gasteiger partial charge in [0.25, 0.3) is 0 Å². The molecule has 0 unspecified atom stereocenters. The number of nitrogens with zero attached hydrogens (tertiary/aromatic N) is 2. The number of carboxylic acids is 1. The topological polar surface area (TPSA) is 112 Å². The summed E-state index contributed by atoms with van der Waals surface area (Å²) in [6.07, 6.45) is 3.79. The van der Waals surface area contributed by atoms with Gasteiger partial charge in [-0.15, -0.1) is 0 Å². The number of carbonyl (C=O) groups is 1. The van der Waals surface area contributed by atoms with Crippen LogP contribution >= 0.6 is 0 Å². The molecular formula is C23H20N4O3. The van der Waals surface area contributed by atoms with Gasteiger partial charge in [-0.2, -0.15) is 0 Å². The lowest BCUT2D eigenvalue weighted by Gasteiger charge is -2.09. The maximum absolute atomic E-state index is 10.7. The highest BCUT2D eigenvalue weighted by atomic mass is 16.5. The van der Waals surface area contributed by atoms with E-state index in [0.29, 0.717) is 30.2 Å². The van der Waals surface area contributed by atoms with Gasteiger partial charge in [0.05, 0.1) is 28.6 Å². The molecule has 30 heavy (non-hydrogen) atoms. The van der Waals surface area contributed by atoms with E-state index < -0.39 is 5.97 Å². The number of benzene rings is 2. The molecule has 0 amide bonds. The van der Waals surface area contributed by atoms with Crippen LogP contribution in [0.3, 0.4) is 0 Å². The highest BCUT2D eigenvalue weighted by Gasteiger charge is 2.10. The highest BCUT2D eigenvalue weighted by Crippen LogP contribution is 2.18. The zero-order chi connectivity index (χ0) is 20.9. The molecule has 7 nitrogen and oxygen atoms in total. The smallest absolute Gasteiger partial charge is 0.303 e. The van der Waals surface area contributed by atoms with Crippen molar-refractivity contribution in [3.05, 3.63) is 89.5 Å². The third-order valence-corrected chi connectivity index (χ3v) is 4.73. The number of aryl methyl sites for hydroxylation is 1. The van der Waals surface area contributed by atoms with Gasteiger partial charge < -0.3 is 14.8 Å². The minimum atomic E-state index is -0.804. The van der Waals surface area contributed by atoms with Gasteiger partial charge in [-0.05, 0) is 41.8 Å². The number of aliphatic carboxylic acids is 1. The van der Waals surface area contributed by atoms with Gasteiger partial charge in [-0.3, -0.25) is 10.2 Å². The molecule has 3 N–H and O–H groups in total. The molecule has 0 saturated carbocycles. The van der Waals surface area contributed by atoms with Crippen LogP contribution in [0.4, 0.5) is 0 Å². The summed E-state index contributed by atoms with van der Waals surface area (Å²) in [5, 5.41) is 17.3. The van der Waals surface area contributed by atoms with Crippen LogP contribution in [-0.2, 0) is 17.8 Å². The lowest BCUT2D eigenvalue weighted by Crippen LogP contribution is -2.03. The van der Waals surface area contributed by atoms with E-state index >= 15 is 0 Å². The van der Waals surface area contributed by atoms with Crippen LogP contribution in [0, 0.1) is 5.41 Å². The van der Waals surface area contributed by atoms with E-state index in [-0.39, 0.29) is 6.42 Å². The zero-order valence-electron chi connectivity index (χ0n) is 16.1. The number of ether oxygens (including phenoxy) is 1. The SMILES string of the molecule is N=C(c1cccc(COc2ccc(CCC(=O)O)cc2)c1)c1cc2ncncc2[nH]1. The third-order valence-electron chi connectivity index (χ3n) is 4.73. The molecule has 0 spiro atoms. The summed E-state index contributed by atoms with van der Waals surface area (Å²) in [5.74, 6) is -0.0927. The van der Waals surface area contributed by atoms with Crippen molar-refractivity contribution in [2.75, 3.05) is 0 Å². The number of carboxylic acid groups (broad SMARTS) is 1. The minimum Gasteiger partial charge on any atom is -0.489 e. The van der Waals surface area contributed by atoms with Gasteiger partial charge in [0.1, 0.15) is 18.7 Å². The van der Waals surface area contributed by atoms with Crippen molar-refractivity contribution in [1.29, 1.82) is 5.41 Å². The predicted octanol–water partition coefficient (Wildman–Crippen LogP) is 3.97. The highest BCUT2D eigenvalue weighted by molar-refractivity contribution is 6.11. The number of rotatable bonds is 8. The average molecular weight is 400 g/mol. The first-order valence-corrected chi connectivity index (χ1v) is 9.49. The number of aromatic nitrogens is 3. The first-order valence-electron chi connectivity index (χ1n) is 9.49. The molecule has 0 aliphatic carbocycles. The molecule has 0 atom stereocenters. The van der Waals surface area contributed by atoms with E-state index in [4.69, 9.17) is 15.3 Å². The predicted molar refractivity (Wildman–Crippen MR) is 113 cm³/mol. The van der Waals surface area contributed by atoms with Crippen molar-refractivity contribution in [2.45, 2.75) is 19.4 Å². The molecule has 7 heteroatoms. The maximum atomic E-state index is 10.7. The van der Waals surface area contributed by atoms with Gasteiger partial charge >= 0.3 is 5.97 Å². The summed E-state index contributed by atoms with van der Waals surface area (Å²) in [4.78, 5) is 22.0. The molecule has 0 aliphatic rings. The molecular weight excluding hydrogens is 380 g/mol. The molecule has 0 aliphatic heterocycles. The summed E-state index contributed by atoms with van der Waals surface area (Å²) in [6.45, 7) is 0.369. The Kier molecular flexibility index (Phi) is 5.52. The molecule has 4 rings (SSSR count). The Morgan fingerprint density at radius 3 is 2.70 bits per heavy atom. The minimum absolute atomic E-state index is 0.113. The van der Waals surface area contributed by atoms with Crippen molar-refractivity contribution >= 4 is 22.7 Å². The molecule has 4 aromatic rings. The molecule has 0 fully saturated rings. The van der Waals surface area contributed by atoms with Gasteiger partial charge in [0, 0.05) is 12.0 Å². The van der Waals surface area contributed by atoms with Crippen molar-refractivity contribution in [1.82, 2.24) is 15.0 Å². The Bertz CT molecular complexity index is 1170. The standard InChI is InChI=1S/C23H20N4O3/c24-23(20-11-19-21(27-20)12-25-14-26-19)17-3-1-2-16(10-17)13-30-18-7-4-15(5-8-18)6-9-22(28)29/h1-5,7-8,10-12,14,24,27H,6,9,13H2,(H,28,29). The summed E-state index contributed by atoms with van der Waals surface area (Å²) in [5.41, 5.74) is 5.31. The number of H-pyrrole nitrogens is 1. The second-order valence-corrected chi connectivity index (χ2v) is 6.91. The summed E-state index contributed by atoms with van der Waals surface area (Å²) in [6, 6.07) is 17.0. The van der Waals surface area contributed by atoms with Gasteiger partial charge in [0.15, 0.2) is 0 Å². The van der Waals surface area contributed by atoms with Gasteiger partial charge in [0.2, 0.25) is 0 Å². The second kappa shape index (κ2) is 8.57. The van der Waals surface area contributed by atoms with Crippen molar-refractivity contribution in [3.8, 4) is 5.75 Å². The third kappa shape index (κ3) is 4.52. The van der Waals surface area contributed by atoms with Crippen LogP contribution < -0.4 is 4.74 Å². The van der Waals surface area contributed by atoms with E-state index in [1.54, 1.807) is 6.20 Å². The fourth-order valence-electron chi connectivity index (χ4n) is 3.15. The lowest BCUT2D eigenvalue weighted by molar-refractivity contribution is -0.136. The van der Waals surface area contributed by atoms with Crippen molar-refractivity contribution in [2.24, 2.45) is 0 Å². The second-order valence-electron chi connectivity index (χ2n) is 6.91. The maximum Gasteiger partial charge on any atom is 0.303 e. The fourth-order valence-corrected chi connectivity index (χ4v) is 3.15. The Balaban J connectivity index is 1.42. The lowest BCUT2D eigenvalue weighted by atomic mass is 10.0. The van der Waals surface area contributed by atoms with E-state index in [2.05, 4.69) is 15.0 Å². The summed E-state index contributed by atoms with van der Waals surface area (Å²) in [7, 11) is 0. The Hall–Kier alpha value is -4.00. The first-order chi connectivity index (χ1) is 14.6. The summed E-state index contributed by atoms with van der Waals surface area (Å²) >= 11 is 0. The number of hydrogen-bond acceptors (Lipinski definition) is 5. The Labute approximate surface area is 172 Å². The normalized spacial score (nSPS) is 10.8. The largest absolute Gasteiger partial charge is 0.489 e. The zero-order valence-corrected chi connectivity index (χ0v) is 16.1. The van der Waals surface area contributed by atoms with Crippen LogP contribution in [0.1, 0.15) is 28.8 Å². The van der Waals surface area contributed by atoms with Crippen molar-refractivity contribution < 1.29 is 14.6 Å². The molecule has 0 saturated heterocycles. The molecule has 2 aromatic heterocycles. The van der Waals surface area contributed by atoms with E-state index in [9.17, 15) is 4.79 Å². The van der Waals surface area contributed by atoms with Gasteiger partial charge in [-0.1, -0.05) is 30.3 Å². The Morgan fingerprint density at radius 2 is 1.93 bits per heavy atom. The van der Waals surface area contributed by atoms with E-state index in [1.807, 2.05) is 54.6 Å². The summed E-state index contributed by atoms with van der Waals surface area (Å²) < 4.78 is 5.85. The molecule has 2 heterocycles. The van der Waals surface area contributed by atoms with Crippen LogP contribution in [0.5, 0.6) is 5.75 Å². The molecule has 0 bridgehead atoms. The van der Waals surface area contributed by atoms with E-state index in [0.717, 1.165) is 27.7 Å². The first kappa shape index (κ1) is 19.3. The van der Waals surface area contributed by atoms with E-state index in [1.165, 1.54) is 6.33 Å². The van der Waals surface area contributed by atoms with Crippen LogP contribution in [0.2, 0.25) is 0 Å². The Morgan fingerprint density at radius 1 is 1.10 bits per heavy atom.